The molecule has 2 rings (SSSR count). The van der Waals surface area contributed by atoms with Crippen molar-refractivity contribution in [3.05, 3.63) is 43.3 Å². The number of aromatic nitrogens is 2. The van der Waals surface area contributed by atoms with E-state index in [1.54, 1.807) is 13.8 Å². The summed E-state index contributed by atoms with van der Waals surface area (Å²) in [6.07, 6.45) is 1.56. The Morgan fingerprint density at radius 3 is 2.67 bits per heavy atom. The van der Waals surface area contributed by atoms with Crippen LogP contribution in [0, 0.1) is 32.1 Å². The molecule has 0 aliphatic heterocycles. The second kappa shape index (κ2) is 7.41. The number of nitrogens with one attached hydrogen (secondary N) is 2. The number of hydrogen-bond donors (Lipinski definition) is 2. The van der Waals surface area contributed by atoms with Gasteiger partial charge in [-0.2, -0.15) is 5.26 Å². The Hall–Kier alpha value is -2.46. The molecule has 0 spiro atoms. The third-order valence-corrected chi connectivity index (χ3v) is 4.92. The van der Waals surface area contributed by atoms with Gasteiger partial charge < -0.3 is 10.3 Å². The van der Waals surface area contributed by atoms with Crippen molar-refractivity contribution >= 4 is 22.4 Å². The second-order valence-electron chi connectivity index (χ2n) is 5.59. The SMILES string of the molecule is CCc1nc(NC(=O)CCc2c(C)[nH]c(=O)c(C#N)c2C)sc1C. The molecule has 2 N–H and O–H groups in total. The number of hydrogen-bond acceptors (Lipinski definition) is 5. The van der Waals surface area contributed by atoms with Crippen LogP contribution in [0.1, 0.15) is 46.3 Å². The first kappa shape index (κ1) is 17.9. The summed E-state index contributed by atoms with van der Waals surface area (Å²) in [5.41, 5.74) is 2.91. The third kappa shape index (κ3) is 3.71. The first-order valence-corrected chi connectivity index (χ1v) is 8.57. The van der Waals surface area contributed by atoms with Gasteiger partial charge in [0.2, 0.25) is 5.91 Å². The Kier molecular flexibility index (Phi) is 5.52. The van der Waals surface area contributed by atoms with Gasteiger partial charge in [0.05, 0.1) is 5.69 Å². The lowest BCUT2D eigenvalue weighted by atomic mass is 9.99. The van der Waals surface area contributed by atoms with Gasteiger partial charge in [-0.1, -0.05) is 6.92 Å². The number of aromatic amines is 1. The molecule has 0 aromatic carbocycles. The normalized spacial score (nSPS) is 10.5. The number of carbonyl (C=O) groups is 1. The zero-order valence-corrected chi connectivity index (χ0v) is 15.1. The zero-order valence-electron chi connectivity index (χ0n) is 14.2. The maximum atomic E-state index is 12.2. The number of pyridine rings is 1. The van der Waals surface area contributed by atoms with Crippen molar-refractivity contribution in [3.8, 4) is 6.07 Å². The van der Waals surface area contributed by atoms with Crippen molar-refractivity contribution in [1.82, 2.24) is 9.97 Å². The number of anilines is 1. The molecule has 0 unspecified atom stereocenters. The highest BCUT2D eigenvalue weighted by Gasteiger charge is 2.14. The topological polar surface area (TPSA) is 98.6 Å². The summed E-state index contributed by atoms with van der Waals surface area (Å²) >= 11 is 1.47. The number of aryl methyl sites for hydroxylation is 3. The van der Waals surface area contributed by atoms with Gasteiger partial charge in [-0.25, -0.2) is 4.98 Å². The minimum atomic E-state index is -0.383. The van der Waals surface area contributed by atoms with Gasteiger partial charge in [0.25, 0.3) is 5.56 Å². The Balaban J connectivity index is 2.09. The monoisotopic (exact) mass is 344 g/mol. The number of H-pyrrole nitrogens is 1. The third-order valence-electron chi connectivity index (χ3n) is 4.00. The molecular weight excluding hydrogens is 324 g/mol. The molecule has 126 valence electrons. The quantitative estimate of drug-likeness (QED) is 0.871. The average molecular weight is 344 g/mol. The summed E-state index contributed by atoms with van der Waals surface area (Å²) in [7, 11) is 0. The first-order chi connectivity index (χ1) is 11.4. The largest absolute Gasteiger partial charge is 0.325 e. The van der Waals surface area contributed by atoms with Gasteiger partial charge in [0.1, 0.15) is 11.6 Å². The molecule has 0 aliphatic rings. The molecule has 6 nitrogen and oxygen atoms in total. The van der Waals surface area contributed by atoms with Crippen molar-refractivity contribution in [2.45, 2.75) is 47.0 Å². The maximum absolute atomic E-state index is 12.2. The molecule has 0 saturated carbocycles. The van der Waals surface area contributed by atoms with E-state index >= 15 is 0 Å². The van der Waals surface area contributed by atoms with Gasteiger partial charge in [-0.05, 0) is 44.7 Å². The molecular formula is C17H20N4O2S. The fourth-order valence-electron chi connectivity index (χ4n) is 2.65. The fourth-order valence-corrected chi connectivity index (χ4v) is 3.57. The first-order valence-electron chi connectivity index (χ1n) is 7.76. The Bertz CT molecular complexity index is 874. The van der Waals surface area contributed by atoms with E-state index in [0.29, 0.717) is 22.8 Å². The number of nitrogens with zero attached hydrogens (tertiary/aromatic N) is 2. The lowest BCUT2D eigenvalue weighted by Gasteiger charge is -2.10. The summed E-state index contributed by atoms with van der Waals surface area (Å²) < 4.78 is 0. The molecule has 7 heteroatoms. The predicted molar refractivity (Wildman–Crippen MR) is 94.4 cm³/mol. The van der Waals surface area contributed by atoms with E-state index in [4.69, 9.17) is 5.26 Å². The van der Waals surface area contributed by atoms with E-state index in [0.717, 1.165) is 22.6 Å². The lowest BCUT2D eigenvalue weighted by Crippen LogP contribution is -2.18. The standard InChI is InChI=1S/C17H20N4O2S/c1-5-14-11(4)24-17(20-14)21-15(22)7-6-12-9(2)13(8-18)16(23)19-10(12)3/h5-7H2,1-4H3,(H,19,23)(H,20,21,22). The van der Waals surface area contributed by atoms with Crippen LogP contribution in [0.3, 0.4) is 0 Å². The highest BCUT2D eigenvalue weighted by molar-refractivity contribution is 7.15. The van der Waals surface area contributed by atoms with E-state index < -0.39 is 0 Å². The van der Waals surface area contributed by atoms with Gasteiger partial charge in [-0.3, -0.25) is 9.59 Å². The Morgan fingerprint density at radius 2 is 2.08 bits per heavy atom. The molecule has 0 radical (unpaired) electrons. The molecule has 0 saturated heterocycles. The molecule has 1 amide bonds. The maximum Gasteiger partial charge on any atom is 0.266 e. The predicted octanol–water partition coefficient (Wildman–Crippen LogP) is 2.76. The minimum Gasteiger partial charge on any atom is -0.325 e. The van der Waals surface area contributed by atoms with Crippen LogP contribution < -0.4 is 10.9 Å². The van der Waals surface area contributed by atoms with Crippen LogP contribution in [0.5, 0.6) is 0 Å². The van der Waals surface area contributed by atoms with Gasteiger partial charge in [0, 0.05) is 17.0 Å². The second-order valence-corrected chi connectivity index (χ2v) is 6.80. The molecule has 24 heavy (non-hydrogen) atoms. The van der Waals surface area contributed by atoms with Crippen molar-refractivity contribution in [2.24, 2.45) is 0 Å². The van der Waals surface area contributed by atoms with E-state index in [9.17, 15) is 9.59 Å². The van der Waals surface area contributed by atoms with Crippen LogP contribution in [0.15, 0.2) is 4.79 Å². The van der Waals surface area contributed by atoms with Crippen LogP contribution in [0.4, 0.5) is 5.13 Å². The molecule has 2 heterocycles. The number of rotatable bonds is 5. The zero-order chi connectivity index (χ0) is 17.9. The summed E-state index contributed by atoms with van der Waals surface area (Å²) in [6.45, 7) is 7.54. The Morgan fingerprint density at radius 1 is 1.38 bits per heavy atom. The van der Waals surface area contributed by atoms with E-state index in [-0.39, 0.29) is 23.5 Å². The van der Waals surface area contributed by atoms with Crippen molar-refractivity contribution < 1.29 is 4.79 Å². The average Bonchev–Trinajstić information content (AvgIpc) is 2.86. The summed E-state index contributed by atoms with van der Waals surface area (Å²) in [5, 5.41) is 12.5. The molecule has 2 aromatic heterocycles. The highest BCUT2D eigenvalue weighted by Crippen LogP contribution is 2.23. The molecule has 0 aliphatic carbocycles. The van der Waals surface area contributed by atoms with E-state index in [1.165, 1.54) is 11.3 Å². The van der Waals surface area contributed by atoms with Crippen LogP contribution in [-0.4, -0.2) is 15.9 Å². The molecule has 0 fully saturated rings. The van der Waals surface area contributed by atoms with Gasteiger partial charge in [0.15, 0.2) is 5.13 Å². The molecule has 0 bridgehead atoms. The van der Waals surface area contributed by atoms with Crippen molar-refractivity contribution in [1.29, 1.82) is 5.26 Å². The van der Waals surface area contributed by atoms with Crippen LogP contribution in [-0.2, 0) is 17.6 Å². The lowest BCUT2D eigenvalue weighted by molar-refractivity contribution is -0.116. The van der Waals surface area contributed by atoms with Crippen molar-refractivity contribution in [3.63, 3.8) is 0 Å². The minimum absolute atomic E-state index is 0.110. The van der Waals surface area contributed by atoms with E-state index in [2.05, 4.69) is 15.3 Å². The molecule has 0 atom stereocenters. The van der Waals surface area contributed by atoms with Crippen LogP contribution in [0.2, 0.25) is 0 Å². The van der Waals surface area contributed by atoms with E-state index in [1.807, 2.05) is 19.9 Å². The van der Waals surface area contributed by atoms with Crippen molar-refractivity contribution in [2.75, 3.05) is 5.32 Å². The Labute approximate surface area is 144 Å². The number of amides is 1. The summed E-state index contributed by atoms with van der Waals surface area (Å²) in [6, 6.07) is 1.92. The summed E-state index contributed by atoms with van der Waals surface area (Å²) in [4.78, 5) is 32.1. The molecule has 2 aromatic rings. The van der Waals surface area contributed by atoms with Gasteiger partial charge >= 0.3 is 0 Å². The van der Waals surface area contributed by atoms with Crippen LogP contribution in [0.25, 0.3) is 0 Å². The smallest absolute Gasteiger partial charge is 0.266 e. The number of nitriles is 1. The van der Waals surface area contributed by atoms with Crippen LogP contribution >= 0.6 is 11.3 Å². The number of thiazole rings is 1. The fraction of sp³-hybridized carbons (Fsp3) is 0.412. The highest BCUT2D eigenvalue weighted by atomic mass is 32.1. The summed E-state index contributed by atoms with van der Waals surface area (Å²) in [5.74, 6) is -0.130. The number of carbonyl (C=O) groups excluding carboxylic acids is 1. The van der Waals surface area contributed by atoms with Gasteiger partial charge in [-0.15, -0.1) is 11.3 Å².